The Morgan fingerprint density at radius 2 is 2.21 bits per heavy atom. The standard InChI is InChI=1S/C10H15N3O/c1-8(14)11-7-9-5-4-6-10(12-9)13(2)3/h4-6H,7H2,1-3H3,(H,11,14). The van der Waals surface area contributed by atoms with Gasteiger partial charge in [0, 0.05) is 21.0 Å². The summed E-state index contributed by atoms with van der Waals surface area (Å²) in [6.07, 6.45) is 0. The molecule has 0 aliphatic rings. The van der Waals surface area contributed by atoms with Gasteiger partial charge in [0.15, 0.2) is 0 Å². The number of carbonyl (C=O) groups is 1. The van der Waals surface area contributed by atoms with E-state index in [0.29, 0.717) is 6.54 Å². The molecule has 1 heterocycles. The molecule has 14 heavy (non-hydrogen) atoms. The van der Waals surface area contributed by atoms with Crippen LogP contribution in [0.5, 0.6) is 0 Å². The number of rotatable bonds is 3. The Balaban J connectivity index is 2.68. The largest absolute Gasteiger partial charge is 0.363 e. The van der Waals surface area contributed by atoms with Gasteiger partial charge in [0.1, 0.15) is 5.82 Å². The van der Waals surface area contributed by atoms with Crippen LogP contribution in [0.15, 0.2) is 18.2 Å². The first-order valence-electron chi connectivity index (χ1n) is 4.47. The Morgan fingerprint density at radius 1 is 1.50 bits per heavy atom. The summed E-state index contributed by atoms with van der Waals surface area (Å²) in [6.45, 7) is 1.98. The molecule has 0 unspecified atom stereocenters. The number of amides is 1. The molecule has 0 aromatic carbocycles. The fraction of sp³-hybridized carbons (Fsp3) is 0.400. The van der Waals surface area contributed by atoms with Crippen LogP contribution in [0.1, 0.15) is 12.6 Å². The molecule has 0 saturated heterocycles. The van der Waals surface area contributed by atoms with Gasteiger partial charge in [0.2, 0.25) is 5.91 Å². The van der Waals surface area contributed by atoms with Crippen molar-refractivity contribution in [2.24, 2.45) is 0 Å². The van der Waals surface area contributed by atoms with Crippen LogP contribution in [0.25, 0.3) is 0 Å². The lowest BCUT2D eigenvalue weighted by molar-refractivity contribution is -0.119. The number of anilines is 1. The minimum absolute atomic E-state index is 0.0398. The summed E-state index contributed by atoms with van der Waals surface area (Å²) in [5, 5.41) is 2.71. The highest BCUT2D eigenvalue weighted by Gasteiger charge is 1.99. The van der Waals surface area contributed by atoms with Crippen LogP contribution in [0, 0.1) is 0 Å². The molecular weight excluding hydrogens is 178 g/mol. The number of pyridine rings is 1. The van der Waals surface area contributed by atoms with E-state index in [4.69, 9.17) is 0 Å². The first kappa shape index (κ1) is 10.5. The fourth-order valence-corrected chi connectivity index (χ4v) is 1.03. The van der Waals surface area contributed by atoms with Crippen molar-refractivity contribution in [2.45, 2.75) is 13.5 Å². The lowest BCUT2D eigenvalue weighted by Crippen LogP contribution is -2.20. The normalized spacial score (nSPS) is 9.64. The average Bonchev–Trinajstić information content (AvgIpc) is 2.15. The second-order valence-corrected chi connectivity index (χ2v) is 3.29. The highest BCUT2D eigenvalue weighted by atomic mass is 16.1. The van der Waals surface area contributed by atoms with E-state index in [-0.39, 0.29) is 5.91 Å². The molecular formula is C10H15N3O. The van der Waals surface area contributed by atoms with Crippen molar-refractivity contribution in [3.8, 4) is 0 Å². The molecule has 0 aliphatic carbocycles. The van der Waals surface area contributed by atoms with Crippen LogP contribution in [0.3, 0.4) is 0 Å². The van der Waals surface area contributed by atoms with Crippen molar-refractivity contribution in [1.82, 2.24) is 10.3 Å². The van der Waals surface area contributed by atoms with Crippen LogP contribution in [0.4, 0.5) is 5.82 Å². The van der Waals surface area contributed by atoms with Gasteiger partial charge in [-0.1, -0.05) is 6.07 Å². The lowest BCUT2D eigenvalue weighted by atomic mass is 10.3. The van der Waals surface area contributed by atoms with Gasteiger partial charge < -0.3 is 10.2 Å². The molecule has 0 saturated carbocycles. The molecule has 0 atom stereocenters. The molecule has 0 spiro atoms. The van der Waals surface area contributed by atoms with Crippen molar-refractivity contribution >= 4 is 11.7 Å². The van der Waals surface area contributed by atoms with E-state index in [2.05, 4.69) is 10.3 Å². The van der Waals surface area contributed by atoms with Crippen LogP contribution in [-0.4, -0.2) is 25.0 Å². The van der Waals surface area contributed by atoms with Gasteiger partial charge in [-0.2, -0.15) is 0 Å². The first-order chi connectivity index (χ1) is 6.59. The second kappa shape index (κ2) is 4.60. The van der Waals surface area contributed by atoms with E-state index in [0.717, 1.165) is 11.5 Å². The second-order valence-electron chi connectivity index (χ2n) is 3.29. The Hall–Kier alpha value is -1.58. The highest BCUT2D eigenvalue weighted by molar-refractivity contribution is 5.72. The maximum atomic E-state index is 10.7. The quantitative estimate of drug-likeness (QED) is 0.771. The number of nitrogens with zero attached hydrogens (tertiary/aromatic N) is 2. The van der Waals surface area contributed by atoms with Gasteiger partial charge in [-0.15, -0.1) is 0 Å². The van der Waals surface area contributed by atoms with Gasteiger partial charge >= 0.3 is 0 Å². The predicted molar refractivity (Wildman–Crippen MR) is 56.1 cm³/mol. The van der Waals surface area contributed by atoms with Crippen LogP contribution in [-0.2, 0) is 11.3 Å². The molecule has 0 radical (unpaired) electrons. The molecule has 1 N–H and O–H groups in total. The monoisotopic (exact) mass is 193 g/mol. The van der Waals surface area contributed by atoms with Crippen molar-refractivity contribution in [3.63, 3.8) is 0 Å². The molecule has 0 bridgehead atoms. The van der Waals surface area contributed by atoms with E-state index in [1.165, 1.54) is 6.92 Å². The van der Waals surface area contributed by atoms with Crippen molar-refractivity contribution in [1.29, 1.82) is 0 Å². The summed E-state index contributed by atoms with van der Waals surface area (Å²) >= 11 is 0. The molecule has 1 aromatic rings. The topological polar surface area (TPSA) is 45.2 Å². The van der Waals surface area contributed by atoms with Crippen LogP contribution >= 0.6 is 0 Å². The van der Waals surface area contributed by atoms with E-state index >= 15 is 0 Å². The van der Waals surface area contributed by atoms with Gasteiger partial charge in [-0.25, -0.2) is 4.98 Å². The minimum atomic E-state index is -0.0398. The highest BCUT2D eigenvalue weighted by Crippen LogP contribution is 2.07. The van der Waals surface area contributed by atoms with Crippen LogP contribution in [0.2, 0.25) is 0 Å². The SMILES string of the molecule is CC(=O)NCc1cccc(N(C)C)n1. The molecule has 4 nitrogen and oxygen atoms in total. The minimum Gasteiger partial charge on any atom is -0.363 e. The fourth-order valence-electron chi connectivity index (χ4n) is 1.03. The molecule has 0 aliphatic heterocycles. The number of hydrogen-bond acceptors (Lipinski definition) is 3. The Morgan fingerprint density at radius 3 is 2.79 bits per heavy atom. The Bertz CT molecular complexity index is 323. The molecule has 4 heteroatoms. The summed E-state index contributed by atoms with van der Waals surface area (Å²) in [7, 11) is 3.87. The molecule has 1 rings (SSSR count). The number of aromatic nitrogens is 1. The molecule has 1 aromatic heterocycles. The van der Waals surface area contributed by atoms with Crippen molar-refractivity contribution in [2.75, 3.05) is 19.0 Å². The third-order valence-electron chi connectivity index (χ3n) is 1.77. The van der Waals surface area contributed by atoms with Gasteiger partial charge in [0.05, 0.1) is 12.2 Å². The summed E-state index contributed by atoms with van der Waals surface area (Å²) in [5.74, 6) is 0.856. The molecule has 76 valence electrons. The number of hydrogen-bond donors (Lipinski definition) is 1. The van der Waals surface area contributed by atoms with Crippen molar-refractivity contribution in [3.05, 3.63) is 23.9 Å². The molecule has 0 fully saturated rings. The number of nitrogens with one attached hydrogen (secondary N) is 1. The zero-order valence-corrected chi connectivity index (χ0v) is 8.74. The summed E-state index contributed by atoms with van der Waals surface area (Å²) in [5.41, 5.74) is 0.867. The van der Waals surface area contributed by atoms with E-state index in [1.807, 2.05) is 37.2 Å². The Labute approximate surface area is 83.9 Å². The third-order valence-corrected chi connectivity index (χ3v) is 1.77. The zero-order valence-electron chi connectivity index (χ0n) is 8.74. The van der Waals surface area contributed by atoms with Gasteiger partial charge in [-0.05, 0) is 12.1 Å². The van der Waals surface area contributed by atoms with E-state index in [9.17, 15) is 4.79 Å². The maximum absolute atomic E-state index is 10.7. The third kappa shape index (κ3) is 3.05. The van der Waals surface area contributed by atoms with Crippen molar-refractivity contribution < 1.29 is 4.79 Å². The van der Waals surface area contributed by atoms with Gasteiger partial charge in [-0.3, -0.25) is 4.79 Å². The van der Waals surface area contributed by atoms with E-state index < -0.39 is 0 Å². The van der Waals surface area contributed by atoms with Gasteiger partial charge in [0.25, 0.3) is 0 Å². The lowest BCUT2D eigenvalue weighted by Gasteiger charge is -2.12. The van der Waals surface area contributed by atoms with E-state index in [1.54, 1.807) is 0 Å². The summed E-state index contributed by atoms with van der Waals surface area (Å²) < 4.78 is 0. The Kier molecular flexibility index (Phi) is 3.45. The summed E-state index contributed by atoms with van der Waals surface area (Å²) in [6, 6.07) is 5.75. The predicted octanol–water partition coefficient (Wildman–Crippen LogP) is 0.784. The number of carbonyl (C=O) groups excluding carboxylic acids is 1. The van der Waals surface area contributed by atoms with Crippen LogP contribution < -0.4 is 10.2 Å². The zero-order chi connectivity index (χ0) is 10.6. The smallest absolute Gasteiger partial charge is 0.217 e. The summed E-state index contributed by atoms with van der Waals surface area (Å²) in [4.78, 5) is 17.0. The average molecular weight is 193 g/mol. The molecule has 1 amide bonds. The first-order valence-corrected chi connectivity index (χ1v) is 4.47. The maximum Gasteiger partial charge on any atom is 0.217 e.